The highest BCUT2D eigenvalue weighted by Crippen LogP contribution is 2.13. The first-order valence-electron chi connectivity index (χ1n) is 4.71. The molecule has 0 aliphatic carbocycles. The molecule has 1 aromatic heterocycles. The Morgan fingerprint density at radius 1 is 1.67 bits per heavy atom. The maximum atomic E-state index is 11.4. The summed E-state index contributed by atoms with van der Waals surface area (Å²) in [6.07, 6.45) is 6.36. The standard InChI is InChI=1S/C12H14O3/c1-3-4-6-10(12(13)14-2)9-11-7-5-8-15-11/h3,5,7-9H,1,4,6H2,2H3/b10-9+. The van der Waals surface area contributed by atoms with Gasteiger partial charge in [0.05, 0.1) is 13.4 Å². The Morgan fingerprint density at radius 3 is 3.00 bits per heavy atom. The maximum absolute atomic E-state index is 11.4. The minimum atomic E-state index is -0.326. The number of carbonyl (C=O) groups is 1. The van der Waals surface area contributed by atoms with Gasteiger partial charge in [-0.15, -0.1) is 6.58 Å². The Labute approximate surface area is 89.0 Å². The van der Waals surface area contributed by atoms with E-state index in [4.69, 9.17) is 4.42 Å². The molecule has 0 radical (unpaired) electrons. The van der Waals surface area contributed by atoms with Crippen molar-refractivity contribution in [2.45, 2.75) is 12.8 Å². The Hall–Kier alpha value is -1.77. The zero-order valence-corrected chi connectivity index (χ0v) is 8.73. The largest absolute Gasteiger partial charge is 0.466 e. The summed E-state index contributed by atoms with van der Waals surface area (Å²) < 4.78 is 9.80. The molecule has 1 heterocycles. The molecule has 1 rings (SSSR count). The lowest BCUT2D eigenvalue weighted by Gasteiger charge is -2.02. The highest BCUT2D eigenvalue weighted by molar-refractivity contribution is 5.93. The molecule has 0 saturated heterocycles. The van der Waals surface area contributed by atoms with Crippen molar-refractivity contribution in [3.8, 4) is 0 Å². The first-order valence-corrected chi connectivity index (χ1v) is 4.71. The average Bonchev–Trinajstić information content (AvgIpc) is 2.75. The van der Waals surface area contributed by atoms with E-state index in [9.17, 15) is 4.79 Å². The number of esters is 1. The molecule has 0 unspecified atom stereocenters. The van der Waals surface area contributed by atoms with Gasteiger partial charge in [0.1, 0.15) is 5.76 Å². The van der Waals surface area contributed by atoms with Crippen molar-refractivity contribution in [2.24, 2.45) is 0 Å². The van der Waals surface area contributed by atoms with Gasteiger partial charge in [-0.25, -0.2) is 4.79 Å². The van der Waals surface area contributed by atoms with Crippen molar-refractivity contribution in [3.63, 3.8) is 0 Å². The molecule has 3 heteroatoms. The van der Waals surface area contributed by atoms with E-state index in [0.29, 0.717) is 17.8 Å². The topological polar surface area (TPSA) is 39.4 Å². The third-order valence-electron chi connectivity index (χ3n) is 1.93. The lowest BCUT2D eigenvalue weighted by Crippen LogP contribution is -2.04. The quantitative estimate of drug-likeness (QED) is 0.422. The van der Waals surface area contributed by atoms with Crippen molar-refractivity contribution >= 4 is 12.0 Å². The lowest BCUT2D eigenvalue weighted by atomic mass is 10.1. The second-order valence-electron chi connectivity index (χ2n) is 3.00. The van der Waals surface area contributed by atoms with Gasteiger partial charge in [0.2, 0.25) is 0 Å². The van der Waals surface area contributed by atoms with E-state index in [-0.39, 0.29) is 5.97 Å². The third-order valence-corrected chi connectivity index (χ3v) is 1.93. The first-order chi connectivity index (χ1) is 7.27. The first kappa shape index (κ1) is 11.3. The fraction of sp³-hybridized carbons (Fsp3) is 0.250. The molecule has 1 aromatic rings. The molecule has 0 aliphatic heterocycles. The van der Waals surface area contributed by atoms with E-state index in [0.717, 1.165) is 6.42 Å². The van der Waals surface area contributed by atoms with Gasteiger partial charge in [-0.3, -0.25) is 0 Å². The van der Waals surface area contributed by atoms with Crippen LogP contribution in [0.3, 0.4) is 0 Å². The molecule has 15 heavy (non-hydrogen) atoms. The third kappa shape index (κ3) is 3.46. The van der Waals surface area contributed by atoms with Gasteiger partial charge < -0.3 is 9.15 Å². The average molecular weight is 206 g/mol. The molecule has 0 spiro atoms. The minimum Gasteiger partial charge on any atom is -0.466 e. The molecule has 3 nitrogen and oxygen atoms in total. The molecule has 0 amide bonds. The smallest absolute Gasteiger partial charge is 0.333 e. The minimum absolute atomic E-state index is 0.326. The lowest BCUT2D eigenvalue weighted by molar-refractivity contribution is -0.136. The van der Waals surface area contributed by atoms with Crippen LogP contribution in [0.15, 0.2) is 41.0 Å². The van der Waals surface area contributed by atoms with Crippen molar-refractivity contribution in [1.29, 1.82) is 0 Å². The second-order valence-corrected chi connectivity index (χ2v) is 3.00. The molecule has 0 aromatic carbocycles. The highest BCUT2D eigenvalue weighted by Gasteiger charge is 2.09. The number of furan rings is 1. The van der Waals surface area contributed by atoms with Crippen molar-refractivity contribution < 1.29 is 13.9 Å². The highest BCUT2D eigenvalue weighted by atomic mass is 16.5. The van der Waals surface area contributed by atoms with Crippen LogP contribution in [0.4, 0.5) is 0 Å². The predicted molar refractivity (Wildman–Crippen MR) is 58.1 cm³/mol. The summed E-state index contributed by atoms with van der Waals surface area (Å²) in [6.45, 7) is 3.61. The van der Waals surface area contributed by atoms with Gasteiger partial charge in [-0.05, 0) is 31.1 Å². The summed E-state index contributed by atoms with van der Waals surface area (Å²) in [5, 5.41) is 0. The molecule has 0 atom stereocenters. The van der Waals surface area contributed by atoms with Crippen LogP contribution >= 0.6 is 0 Å². The van der Waals surface area contributed by atoms with Crippen LogP contribution in [0.1, 0.15) is 18.6 Å². The molecule has 0 bridgehead atoms. The van der Waals surface area contributed by atoms with Crippen LogP contribution in [0.25, 0.3) is 6.08 Å². The second kappa shape index (κ2) is 5.86. The SMILES string of the molecule is C=CCC/C(=C\c1ccco1)C(=O)OC. The molecular formula is C12H14O3. The number of allylic oxidation sites excluding steroid dienone is 1. The molecule has 80 valence electrons. The van der Waals surface area contributed by atoms with Crippen molar-refractivity contribution in [3.05, 3.63) is 42.4 Å². The van der Waals surface area contributed by atoms with Crippen LogP contribution < -0.4 is 0 Å². The van der Waals surface area contributed by atoms with Crippen LogP contribution in [-0.2, 0) is 9.53 Å². The summed E-state index contributed by atoms with van der Waals surface area (Å²) in [7, 11) is 1.37. The fourth-order valence-electron chi connectivity index (χ4n) is 1.17. The van der Waals surface area contributed by atoms with Crippen molar-refractivity contribution in [1.82, 2.24) is 0 Å². The number of ether oxygens (including phenoxy) is 1. The van der Waals surface area contributed by atoms with E-state index in [1.807, 2.05) is 0 Å². The predicted octanol–water partition coefficient (Wildman–Crippen LogP) is 2.80. The summed E-state index contributed by atoms with van der Waals surface area (Å²) in [6, 6.07) is 3.56. The molecule has 0 saturated carbocycles. The summed E-state index contributed by atoms with van der Waals surface area (Å²) >= 11 is 0. The number of hydrogen-bond acceptors (Lipinski definition) is 3. The van der Waals surface area contributed by atoms with Gasteiger partial charge in [0.25, 0.3) is 0 Å². The van der Waals surface area contributed by atoms with Gasteiger partial charge in [-0.1, -0.05) is 6.08 Å². The van der Waals surface area contributed by atoms with Crippen LogP contribution in [0.2, 0.25) is 0 Å². The number of hydrogen-bond donors (Lipinski definition) is 0. The molecule has 0 aliphatic rings. The maximum Gasteiger partial charge on any atom is 0.333 e. The number of rotatable bonds is 5. The zero-order valence-electron chi connectivity index (χ0n) is 8.73. The van der Waals surface area contributed by atoms with Crippen molar-refractivity contribution in [2.75, 3.05) is 7.11 Å². The molecular weight excluding hydrogens is 192 g/mol. The van der Waals surface area contributed by atoms with E-state index >= 15 is 0 Å². The number of methoxy groups -OCH3 is 1. The summed E-state index contributed by atoms with van der Waals surface area (Å²) in [5.41, 5.74) is 0.590. The molecule has 0 N–H and O–H groups in total. The van der Waals surface area contributed by atoms with E-state index in [1.165, 1.54) is 7.11 Å². The fourth-order valence-corrected chi connectivity index (χ4v) is 1.17. The van der Waals surface area contributed by atoms with E-state index in [2.05, 4.69) is 11.3 Å². The van der Waals surface area contributed by atoms with Gasteiger partial charge in [-0.2, -0.15) is 0 Å². The van der Waals surface area contributed by atoms with Crippen LogP contribution in [0, 0.1) is 0 Å². The zero-order chi connectivity index (χ0) is 11.1. The Bertz CT molecular complexity index is 347. The monoisotopic (exact) mass is 206 g/mol. The van der Waals surface area contributed by atoms with Gasteiger partial charge in [0.15, 0.2) is 0 Å². The Balaban J connectivity index is 2.79. The Kier molecular flexibility index (Phi) is 4.41. The summed E-state index contributed by atoms with van der Waals surface area (Å²) in [4.78, 5) is 11.4. The normalized spacial score (nSPS) is 11.1. The van der Waals surface area contributed by atoms with Gasteiger partial charge in [0, 0.05) is 5.57 Å². The molecule has 0 fully saturated rings. The van der Waals surface area contributed by atoms with Crippen LogP contribution in [-0.4, -0.2) is 13.1 Å². The van der Waals surface area contributed by atoms with Gasteiger partial charge >= 0.3 is 5.97 Å². The van der Waals surface area contributed by atoms with Crippen LogP contribution in [0.5, 0.6) is 0 Å². The summed E-state index contributed by atoms with van der Waals surface area (Å²) in [5.74, 6) is 0.327. The van der Waals surface area contributed by atoms with E-state index in [1.54, 1.807) is 30.5 Å². The number of carbonyl (C=O) groups excluding carboxylic acids is 1. The Morgan fingerprint density at radius 2 is 2.47 bits per heavy atom. The van der Waals surface area contributed by atoms with E-state index < -0.39 is 0 Å².